The molecule has 0 aromatic heterocycles. The SMILES string of the molecule is CN1CCN(C)C(CC(O)C2CCCC2)C1. The Kier molecular flexibility index (Phi) is 4.22. The van der Waals surface area contributed by atoms with E-state index < -0.39 is 0 Å². The fraction of sp³-hybridized carbons (Fsp3) is 1.00. The van der Waals surface area contributed by atoms with Gasteiger partial charge in [-0.2, -0.15) is 0 Å². The summed E-state index contributed by atoms with van der Waals surface area (Å²) < 4.78 is 0. The van der Waals surface area contributed by atoms with E-state index in [9.17, 15) is 5.11 Å². The minimum absolute atomic E-state index is 0.0681. The van der Waals surface area contributed by atoms with Crippen LogP contribution in [0.1, 0.15) is 32.1 Å². The van der Waals surface area contributed by atoms with E-state index in [1.165, 1.54) is 25.7 Å². The zero-order valence-electron chi connectivity index (χ0n) is 10.7. The van der Waals surface area contributed by atoms with Crippen molar-refractivity contribution >= 4 is 0 Å². The molecule has 1 aliphatic carbocycles. The van der Waals surface area contributed by atoms with Gasteiger partial charge in [0, 0.05) is 25.7 Å². The monoisotopic (exact) mass is 226 g/mol. The van der Waals surface area contributed by atoms with Gasteiger partial charge in [-0.3, -0.25) is 0 Å². The van der Waals surface area contributed by atoms with Gasteiger partial charge in [0.2, 0.25) is 0 Å². The average Bonchev–Trinajstić information content (AvgIpc) is 2.76. The number of hydrogen-bond acceptors (Lipinski definition) is 3. The lowest BCUT2D eigenvalue weighted by molar-refractivity contribution is 0.0381. The van der Waals surface area contributed by atoms with Crippen molar-refractivity contribution in [2.75, 3.05) is 33.7 Å². The van der Waals surface area contributed by atoms with Gasteiger partial charge in [0.05, 0.1) is 6.10 Å². The Morgan fingerprint density at radius 2 is 1.88 bits per heavy atom. The summed E-state index contributed by atoms with van der Waals surface area (Å²) in [5.74, 6) is 0.584. The highest BCUT2D eigenvalue weighted by molar-refractivity contribution is 4.84. The maximum Gasteiger partial charge on any atom is 0.0583 e. The maximum absolute atomic E-state index is 10.3. The molecule has 1 saturated heterocycles. The molecule has 1 saturated carbocycles. The average molecular weight is 226 g/mol. The second kappa shape index (κ2) is 5.48. The van der Waals surface area contributed by atoms with Crippen molar-refractivity contribution in [1.29, 1.82) is 0 Å². The molecule has 2 rings (SSSR count). The normalized spacial score (nSPS) is 32.1. The molecule has 3 heteroatoms. The van der Waals surface area contributed by atoms with Crippen LogP contribution in [-0.4, -0.2) is 60.8 Å². The van der Waals surface area contributed by atoms with E-state index in [0.717, 1.165) is 26.1 Å². The quantitative estimate of drug-likeness (QED) is 0.782. The van der Waals surface area contributed by atoms with Crippen LogP contribution in [0.3, 0.4) is 0 Å². The molecule has 2 fully saturated rings. The topological polar surface area (TPSA) is 26.7 Å². The molecule has 16 heavy (non-hydrogen) atoms. The number of nitrogens with zero attached hydrogens (tertiary/aromatic N) is 2. The molecular formula is C13H26N2O. The van der Waals surface area contributed by atoms with Crippen LogP contribution < -0.4 is 0 Å². The van der Waals surface area contributed by atoms with Gasteiger partial charge in [0.1, 0.15) is 0 Å². The number of aliphatic hydroxyl groups is 1. The molecule has 2 atom stereocenters. The summed E-state index contributed by atoms with van der Waals surface area (Å²) in [6.07, 6.45) is 6.03. The Hall–Kier alpha value is -0.120. The number of piperazine rings is 1. The van der Waals surface area contributed by atoms with Gasteiger partial charge in [0.15, 0.2) is 0 Å². The molecule has 0 bridgehead atoms. The Labute approximate surface area is 99.4 Å². The lowest BCUT2D eigenvalue weighted by Gasteiger charge is -2.39. The number of rotatable bonds is 3. The van der Waals surface area contributed by atoms with Crippen molar-refractivity contribution in [2.45, 2.75) is 44.2 Å². The van der Waals surface area contributed by atoms with E-state index in [4.69, 9.17) is 0 Å². The minimum atomic E-state index is -0.0681. The van der Waals surface area contributed by atoms with Gasteiger partial charge in [-0.05, 0) is 39.3 Å². The van der Waals surface area contributed by atoms with Crippen LogP contribution in [0.2, 0.25) is 0 Å². The zero-order valence-corrected chi connectivity index (χ0v) is 10.7. The Balaban J connectivity index is 1.82. The first kappa shape index (κ1) is 12.3. The first-order valence-corrected chi connectivity index (χ1v) is 6.73. The van der Waals surface area contributed by atoms with Crippen LogP contribution in [-0.2, 0) is 0 Å². The summed E-state index contributed by atoms with van der Waals surface area (Å²) in [7, 11) is 4.38. The van der Waals surface area contributed by atoms with Crippen LogP contribution in [0.5, 0.6) is 0 Å². The number of aliphatic hydroxyl groups excluding tert-OH is 1. The van der Waals surface area contributed by atoms with Crippen molar-refractivity contribution in [3.8, 4) is 0 Å². The lowest BCUT2D eigenvalue weighted by Crippen LogP contribution is -2.51. The van der Waals surface area contributed by atoms with Crippen LogP contribution in [0.4, 0.5) is 0 Å². The molecule has 2 unspecified atom stereocenters. The van der Waals surface area contributed by atoms with Crippen LogP contribution >= 0.6 is 0 Å². The molecule has 0 aromatic carbocycles. The molecule has 1 N–H and O–H groups in total. The van der Waals surface area contributed by atoms with E-state index in [1.54, 1.807) is 0 Å². The molecule has 2 aliphatic rings. The van der Waals surface area contributed by atoms with Crippen LogP contribution in [0.15, 0.2) is 0 Å². The van der Waals surface area contributed by atoms with Gasteiger partial charge in [-0.15, -0.1) is 0 Å². The zero-order chi connectivity index (χ0) is 11.5. The molecule has 0 aromatic rings. The van der Waals surface area contributed by atoms with Crippen molar-refractivity contribution in [3.05, 3.63) is 0 Å². The maximum atomic E-state index is 10.3. The van der Waals surface area contributed by atoms with Crippen molar-refractivity contribution in [3.63, 3.8) is 0 Å². The summed E-state index contributed by atoms with van der Waals surface area (Å²) in [6.45, 7) is 3.41. The van der Waals surface area contributed by atoms with Crippen LogP contribution in [0, 0.1) is 5.92 Å². The summed E-state index contributed by atoms with van der Waals surface area (Å²) in [4.78, 5) is 4.80. The molecular weight excluding hydrogens is 200 g/mol. The standard InChI is InChI=1S/C13H26N2O/c1-14-7-8-15(2)12(10-14)9-13(16)11-5-3-4-6-11/h11-13,16H,3-10H2,1-2H3. The first-order valence-electron chi connectivity index (χ1n) is 6.73. The number of likely N-dealkylation sites (N-methyl/N-ethyl adjacent to an activating group) is 2. The predicted octanol–water partition coefficient (Wildman–Crippen LogP) is 1.17. The second-order valence-corrected chi connectivity index (χ2v) is 5.74. The minimum Gasteiger partial charge on any atom is -0.393 e. The summed E-state index contributed by atoms with van der Waals surface area (Å²) >= 11 is 0. The molecule has 94 valence electrons. The van der Waals surface area contributed by atoms with E-state index >= 15 is 0 Å². The Morgan fingerprint density at radius 3 is 2.56 bits per heavy atom. The van der Waals surface area contributed by atoms with Gasteiger partial charge >= 0.3 is 0 Å². The second-order valence-electron chi connectivity index (χ2n) is 5.74. The molecule has 3 nitrogen and oxygen atoms in total. The highest BCUT2D eigenvalue weighted by atomic mass is 16.3. The van der Waals surface area contributed by atoms with E-state index in [2.05, 4.69) is 23.9 Å². The lowest BCUT2D eigenvalue weighted by atomic mass is 9.93. The third kappa shape index (κ3) is 2.96. The Bertz CT molecular complexity index is 216. The van der Waals surface area contributed by atoms with Gasteiger partial charge in [-0.1, -0.05) is 12.8 Å². The highest BCUT2D eigenvalue weighted by Crippen LogP contribution is 2.30. The largest absolute Gasteiger partial charge is 0.393 e. The Morgan fingerprint density at radius 1 is 1.19 bits per heavy atom. The van der Waals surface area contributed by atoms with Crippen molar-refractivity contribution < 1.29 is 5.11 Å². The smallest absolute Gasteiger partial charge is 0.0583 e. The fourth-order valence-corrected chi connectivity index (χ4v) is 3.17. The third-order valence-corrected chi connectivity index (χ3v) is 4.44. The molecule has 1 heterocycles. The summed E-state index contributed by atoms with van der Waals surface area (Å²) in [5.41, 5.74) is 0. The number of hydrogen-bond donors (Lipinski definition) is 1. The summed E-state index contributed by atoms with van der Waals surface area (Å²) in [5, 5.41) is 10.3. The molecule has 0 amide bonds. The molecule has 1 aliphatic heterocycles. The van der Waals surface area contributed by atoms with Crippen LogP contribution in [0.25, 0.3) is 0 Å². The first-order chi connectivity index (χ1) is 7.66. The third-order valence-electron chi connectivity index (χ3n) is 4.44. The van der Waals surface area contributed by atoms with E-state index in [1.807, 2.05) is 0 Å². The van der Waals surface area contributed by atoms with E-state index in [-0.39, 0.29) is 6.10 Å². The van der Waals surface area contributed by atoms with Gasteiger partial charge < -0.3 is 14.9 Å². The fourth-order valence-electron chi connectivity index (χ4n) is 3.17. The van der Waals surface area contributed by atoms with Crippen molar-refractivity contribution in [1.82, 2.24) is 9.80 Å². The van der Waals surface area contributed by atoms with Crippen molar-refractivity contribution in [2.24, 2.45) is 5.92 Å². The van der Waals surface area contributed by atoms with E-state index in [0.29, 0.717) is 12.0 Å². The highest BCUT2D eigenvalue weighted by Gasteiger charge is 2.29. The summed E-state index contributed by atoms with van der Waals surface area (Å²) in [6, 6.07) is 0.550. The molecule has 0 radical (unpaired) electrons. The van der Waals surface area contributed by atoms with Gasteiger partial charge in [-0.25, -0.2) is 0 Å². The molecule has 0 spiro atoms. The predicted molar refractivity (Wildman–Crippen MR) is 66.5 cm³/mol. The van der Waals surface area contributed by atoms with Gasteiger partial charge in [0.25, 0.3) is 0 Å².